The third kappa shape index (κ3) is 4.77. The van der Waals surface area contributed by atoms with Crippen LogP contribution in [0.3, 0.4) is 0 Å². The molecule has 0 aliphatic carbocycles. The number of aromatic nitrogens is 1. The van der Waals surface area contributed by atoms with Crippen molar-refractivity contribution in [1.82, 2.24) is 14.8 Å². The van der Waals surface area contributed by atoms with E-state index in [0.717, 1.165) is 53.8 Å². The van der Waals surface area contributed by atoms with Crippen LogP contribution >= 0.6 is 0 Å². The number of hydrogen-bond donors (Lipinski definition) is 1. The molecule has 3 aromatic rings. The van der Waals surface area contributed by atoms with Crippen LogP contribution in [0.1, 0.15) is 48.3 Å². The van der Waals surface area contributed by atoms with Crippen LogP contribution in [0.5, 0.6) is 5.75 Å². The van der Waals surface area contributed by atoms with Crippen LogP contribution in [0.2, 0.25) is 0 Å². The number of benzene rings is 2. The Labute approximate surface area is 185 Å². The molecule has 1 N–H and O–H groups in total. The fourth-order valence-corrected chi connectivity index (χ4v) is 4.52. The molecule has 1 amide bonds. The van der Waals surface area contributed by atoms with Crippen LogP contribution in [-0.4, -0.2) is 47.7 Å². The first kappa shape index (κ1) is 21.4. The average molecular weight is 420 g/mol. The zero-order chi connectivity index (χ0) is 22.0. The Morgan fingerprint density at radius 2 is 1.90 bits per heavy atom. The van der Waals surface area contributed by atoms with Gasteiger partial charge in [-0.05, 0) is 69.5 Å². The van der Waals surface area contributed by atoms with Crippen molar-refractivity contribution in [2.24, 2.45) is 0 Å². The van der Waals surface area contributed by atoms with Gasteiger partial charge in [0, 0.05) is 42.6 Å². The van der Waals surface area contributed by atoms with Crippen molar-refractivity contribution in [2.45, 2.75) is 52.2 Å². The lowest BCUT2D eigenvalue weighted by Gasteiger charge is -2.34. The Kier molecular flexibility index (Phi) is 6.33. The van der Waals surface area contributed by atoms with Crippen molar-refractivity contribution >= 4 is 16.8 Å². The molecule has 0 unspecified atom stereocenters. The smallest absolute Gasteiger partial charge is 0.268 e. The monoisotopic (exact) mass is 419 g/mol. The molecule has 1 aliphatic heterocycles. The number of nitrogens with one attached hydrogen (secondary N) is 1. The lowest BCUT2D eigenvalue weighted by molar-refractivity contribution is 0.0892. The Hall–Kier alpha value is -2.79. The number of methoxy groups -OCH3 is 1. The molecule has 31 heavy (non-hydrogen) atoms. The van der Waals surface area contributed by atoms with Gasteiger partial charge in [0.15, 0.2) is 0 Å². The van der Waals surface area contributed by atoms with Gasteiger partial charge in [0.25, 0.3) is 5.91 Å². The minimum Gasteiger partial charge on any atom is -0.497 e. The summed E-state index contributed by atoms with van der Waals surface area (Å²) >= 11 is 0. The zero-order valence-corrected chi connectivity index (χ0v) is 19.0. The van der Waals surface area contributed by atoms with Gasteiger partial charge in [-0.25, -0.2) is 0 Å². The highest BCUT2D eigenvalue weighted by Gasteiger charge is 2.24. The molecule has 0 bridgehead atoms. The third-order valence-electron chi connectivity index (χ3n) is 6.36. The fraction of sp³-hybridized carbons (Fsp3) is 0.423. The molecule has 1 aliphatic rings. The van der Waals surface area contributed by atoms with Crippen molar-refractivity contribution in [3.8, 4) is 5.75 Å². The summed E-state index contributed by atoms with van der Waals surface area (Å²) in [6, 6.07) is 17.2. The van der Waals surface area contributed by atoms with Crippen molar-refractivity contribution < 1.29 is 9.53 Å². The number of hydrogen-bond acceptors (Lipinski definition) is 3. The predicted molar refractivity (Wildman–Crippen MR) is 126 cm³/mol. The maximum atomic E-state index is 13.3. The van der Waals surface area contributed by atoms with Gasteiger partial charge in [-0.2, -0.15) is 0 Å². The summed E-state index contributed by atoms with van der Waals surface area (Å²) in [5, 5.41) is 4.41. The number of fused-ring (bicyclic) bond motifs is 1. The van der Waals surface area contributed by atoms with Gasteiger partial charge in [-0.15, -0.1) is 0 Å². The van der Waals surface area contributed by atoms with Crippen molar-refractivity contribution in [1.29, 1.82) is 0 Å². The maximum absolute atomic E-state index is 13.3. The highest BCUT2D eigenvalue weighted by Crippen LogP contribution is 2.24. The molecule has 0 saturated carbocycles. The number of carbonyl (C=O) groups excluding carboxylic acids is 1. The van der Waals surface area contributed by atoms with Gasteiger partial charge >= 0.3 is 0 Å². The minimum absolute atomic E-state index is 0.0137. The van der Waals surface area contributed by atoms with Gasteiger partial charge < -0.3 is 19.5 Å². The first-order valence-electron chi connectivity index (χ1n) is 11.2. The lowest BCUT2D eigenvalue weighted by Crippen LogP contribution is -2.46. The first-order chi connectivity index (χ1) is 14.9. The van der Waals surface area contributed by atoms with E-state index in [0.29, 0.717) is 12.6 Å². The van der Waals surface area contributed by atoms with E-state index in [1.54, 1.807) is 7.11 Å². The average Bonchev–Trinajstić information content (AvgIpc) is 3.11. The van der Waals surface area contributed by atoms with Gasteiger partial charge in [0.1, 0.15) is 11.4 Å². The molecule has 0 atom stereocenters. The predicted octanol–water partition coefficient (Wildman–Crippen LogP) is 4.61. The minimum atomic E-state index is 0.0137. The van der Waals surface area contributed by atoms with E-state index in [9.17, 15) is 4.79 Å². The standard InChI is InChI=1S/C26H33N3O2/c1-18(2)28-12-10-22(11-13-28)27-26(30)25-16-21-14-19(3)8-9-24(21)29(25)17-20-6-5-7-23(15-20)31-4/h5-9,14-16,18,22H,10-13,17H2,1-4H3,(H,27,30). The lowest BCUT2D eigenvalue weighted by atomic mass is 10.0. The zero-order valence-electron chi connectivity index (χ0n) is 19.0. The van der Waals surface area contributed by atoms with Crippen LogP contribution < -0.4 is 10.1 Å². The SMILES string of the molecule is COc1cccc(Cn2c(C(=O)NC3CCN(C(C)C)CC3)cc3cc(C)ccc32)c1. The molecule has 0 radical (unpaired) electrons. The second kappa shape index (κ2) is 9.15. The van der Waals surface area contributed by atoms with E-state index in [4.69, 9.17) is 4.74 Å². The van der Waals surface area contributed by atoms with E-state index >= 15 is 0 Å². The number of aryl methyl sites for hydroxylation is 1. The molecule has 1 aromatic heterocycles. The molecule has 5 nitrogen and oxygen atoms in total. The van der Waals surface area contributed by atoms with Crippen LogP contribution in [0.25, 0.3) is 10.9 Å². The summed E-state index contributed by atoms with van der Waals surface area (Å²) in [4.78, 5) is 15.8. The topological polar surface area (TPSA) is 46.5 Å². The fourth-order valence-electron chi connectivity index (χ4n) is 4.52. The number of piperidine rings is 1. The number of amides is 1. The quantitative estimate of drug-likeness (QED) is 0.635. The number of likely N-dealkylation sites (tertiary alicyclic amines) is 1. The molecular formula is C26H33N3O2. The molecule has 2 heterocycles. The number of carbonyl (C=O) groups is 1. The van der Waals surface area contributed by atoms with Crippen molar-refractivity contribution in [2.75, 3.05) is 20.2 Å². The van der Waals surface area contributed by atoms with Crippen LogP contribution in [-0.2, 0) is 6.54 Å². The molecular weight excluding hydrogens is 386 g/mol. The van der Waals surface area contributed by atoms with Gasteiger partial charge in [0.05, 0.1) is 7.11 Å². The second-order valence-corrected chi connectivity index (χ2v) is 8.91. The summed E-state index contributed by atoms with van der Waals surface area (Å²) < 4.78 is 7.52. The Morgan fingerprint density at radius 3 is 2.61 bits per heavy atom. The van der Waals surface area contributed by atoms with Gasteiger partial charge in [-0.3, -0.25) is 4.79 Å². The number of ether oxygens (including phenoxy) is 1. The van der Waals surface area contributed by atoms with E-state index in [1.165, 1.54) is 5.56 Å². The third-order valence-corrected chi connectivity index (χ3v) is 6.36. The Bertz CT molecular complexity index is 1060. The highest BCUT2D eigenvalue weighted by molar-refractivity contribution is 5.99. The highest BCUT2D eigenvalue weighted by atomic mass is 16.5. The van der Waals surface area contributed by atoms with Crippen molar-refractivity contribution in [3.05, 3.63) is 65.4 Å². The number of rotatable bonds is 6. The summed E-state index contributed by atoms with van der Waals surface area (Å²) in [6.45, 7) is 9.25. The van der Waals surface area contributed by atoms with Crippen LogP contribution in [0.4, 0.5) is 0 Å². The van der Waals surface area contributed by atoms with Gasteiger partial charge in [-0.1, -0.05) is 23.8 Å². The van der Waals surface area contributed by atoms with Crippen molar-refractivity contribution in [3.63, 3.8) is 0 Å². The Morgan fingerprint density at radius 1 is 1.13 bits per heavy atom. The molecule has 1 fully saturated rings. The summed E-state index contributed by atoms with van der Waals surface area (Å²) in [5.74, 6) is 0.840. The summed E-state index contributed by atoms with van der Waals surface area (Å²) in [6.07, 6.45) is 2.00. The van der Waals surface area contributed by atoms with E-state index in [-0.39, 0.29) is 11.9 Å². The number of nitrogens with zero attached hydrogens (tertiary/aromatic N) is 2. The Balaban J connectivity index is 1.60. The maximum Gasteiger partial charge on any atom is 0.268 e. The molecule has 2 aromatic carbocycles. The molecule has 5 heteroatoms. The molecule has 1 saturated heterocycles. The molecule has 164 valence electrons. The summed E-state index contributed by atoms with van der Waals surface area (Å²) in [5.41, 5.74) is 4.10. The first-order valence-corrected chi connectivity index (χ1v) is 11.2. The summed E-state index contributed by atoms with van der Waals surface area (Å²) in [7, 11) is 1.68. The largest absolute Gasteiger partial charge is 0.497 e. The normalized spacial score (nSPS) is 15.5. The molecule has 4 rings (SSSR count). The van der Waals surface area contributed by atoms with Gasteiger partial charge in [0.2, 0.25) is 0 Å². The van der Waals surface area contributed by atoms with Crippen LogP contribution in [0.15, 0.2) is 48.5 Å². The van der Waals surface area contributed by atoms with Crippen LogP contribution in [0, 0.1) is 6.92 Å². The van der Waals surface area contributed by atoms with E-state index in [1.807, 2.05) is 24.3 Å². The second-order valence-electron chi connectivity index (χ2n) is 8.91. The molecule has 0 spiro atoms. The van der Waals surface area contributed by atoms with E-state index < -0.39 is 0 Å². The van der Waals surface area contributed by atoms with E-state index in [2.05, 4.69) is 59.8 Å².